The molecule has 1 N–H and O–H groups in total. The molecular weight excluding hydrogens is 352 g/mol. The molecule has 0 spiro atoms. The molecule has 1 amide bonds. The zero-order valence-corrected chi connectivity index (χ0v) is 15.7. The molecule has 0 saturated heterocycles. The van der Waals surface area contributed by atoms with Crippen molar-refractivity contribution in [3.8, 4) is 5.75 Å². The van der Waals surface area contributed by atoms with Gasteiger partial charge in [-0.2, -0.15) is 0 Å². The summed E-state index contributed by atoms with van der Waals surface area (Å²) in [6, 6.07) is 12.4. The molecule has 0 atom stereocenters. The van der Waals surface area contributed by atoms with Crippen LogP contribution in [0.25, 0.3) is 0 Å². The van der Waals surface area contributed by atoms with Gasteiger partial charge in [-0.25, -0.2) is 0 Å². The highest BCUT2D eigenvalue weighted by Gasteiger charge is 2.05. The van der Waals surface area contributed by atoms with Crippen LogP contribution in [-0.2, 0) is 10.5 Å². The minimum Gasteiger partial charge on any atom is -0.492 e. The third-order valence-electron chi connectivity index (χ3n) is 3.54. The second kappa shape index (κ2) is 9.82. The molecule has 0 aliphatic carbocycles. The van der Waals surface area contributed by atoms with E-state index in [2.05, 4.69) is 11.4 Å². The zero-order valence-electron chi connectivity index (χ0n) is 14.9. The number of hydrogen-bond donors (Lipinski definition) is 1. The summed E-state index contributed by atoms with van der Waals surface area (Å²) in [5.41, 5.74) is 3.31. The largest absolute Gasteiger partial charge is 0.492 e. The minimum absolute atomic E-state index is 0.0547. The fourth-order valence-electron chi connectivity index (χ4n) is 2.40. The van der Waals surface area contributed by atoms with Crippen molar-refractivity contribution < 1.29 is 14.5 Å². The van der Waals surface area contributed by atoms with Crippen molar-refractivity contribution in [3.05, 3.63) is 69.3 Å². The summed E-state index contributed by atoms with van der Waals surface area (Å²) < 4.78 is 5.65. The first-order valence-corrected chi connectivity index (χ1v) is 9.38. The van der Waals surface area contributed by atoms with E-state index in [1.807, 2.05) is 26.0 Å². The van der Waals surface area contributed by atoms with Gasteiger partial charge < -0.3 is 10.1 Å². The summed E-state index contributed by atoms with van der Waals surface area (Å²) in [6.45, 7) is 4.90. The van der Waals surface area contributed by atoms with Crippen LogP contribution >= 0.6 is 11.8 Å². The van der Waals surface area contributed by atoms with Crippen molar-refractivity contribution >= 4 is 23.4 Å². The Kier molecular flexibility index (Phi) is 7.47. The number of nitro groups is 1. The number of ether oxygens (including phenoxy) is 1. The smallest absolute Gasteiger partial charge is 0.269 e. The van der Waals surface area contributed by atoms with Gasteiger partial charge in [0, 0.05) is 17.9 Å². The molecule has 0 aromatic heterocycles. The predicted molar refractivity (Wildman–Crippen MR) is 104 cm³/mol. The molecule has 2 aromatic rings. The number of aryl methyl sites for hydroxylation is 2. The lowest BCUT2D eigenvalue weighted by Gasteiger charge is -2.09. The van der Waals surface area contributed by atoms with Crippen molar-refractivity contribution in [2.75, 3.05) is 18.9 Å². The number of nitro benzene ring substituents is 1. The standard InChI is InChI=1S/C19H22N2O4S/c1-14-9-15(2)11-18(10-14)25-8-7-20-19(22)13-26-12-16-3-5-17(6-4-16)21(23)24/h3-6,9-11H,7-8,12-13H2,1-2H3,(H,20,22). The number of carbonyl (C=O) groups excluding carboxylic acids is 1. The van der Waals surface area contributed by atoms with E-state index in [0.29, 0.717) is 24.7 Å². The average Bonchev–Trinajstić information content (AvgIpc) is 2.58. The lowest BCUT2D eigenvalue weighted by Crippen LogP contribution is -2.29. The number of non-ortho nitro benzene ring substituents is 1. The Morgan fingerprint density at radius 3 is 2.42 bits per heavy atom. The van der Waals surface area contributed by atoms with Gasteiger partial charge in [0.15, 0.2) is 0 Å². The Morgan fingerprint density at radius 2 is 1.81 bits per heavy atom. The molecule has 0 unspecified atom stereocenters. The third-order valence-corrected chi connectivity index (χ3v) is 4.54. The first-order valence-electron chi connectivity index (χ1n) is 8.23. The number of benzene rings is 2. The molecule has 0 bridgehead atoms. The molecule has 0 fully saturated rings. The maximum absolute atomic E-state index is 11.8. The van der Waals surface area contributed by atoms with Gasteiger partial charge in [-0.05, 0) is 42.7 Å². The molecule has 0 aliphatic heterocycles. The normalized spacial score (nSPS) is 10.4. The maximum Gasteiger partial charge on any atom is 0.269 e. The number of rotatable bonds is 9. The third kappa shape index (κ3) is 6.76. The predicted octanol–water partition coefficient (Wildman–Crippen LogP) is 3.64. The number of amides is 1. The molecular formula is C19H22N2O4S. The average molecular weight is 374 g/mol. The summed E-state index contributed by atoms with van der Waals surface area (Å²) in [4.78, 5) is 22.0. The Labute approximate surface area is 157 Å². The van der Waals surface area contributed by atoms with Crippen LogP contribution in [0.5, 0.6) is 5.75 Å². The van der Waals surface area contributed by atoms with E-state index >= 15 is 0 Å². The molecule has 0 heterocycles. The van der Waals surface area contributed by atoms with Gasteiger partial charge in [0.2, 0.25) is 5.91 Å². The summed E-state index contributed by atoms with van der Waals surface area (Å²) in [6.07, 6.45) is 0. The van der Waals surface area contributed by atoms with Crippen LogP contribution in [0.1, 0.15) is 16.7 Å². The molecule has 138 valence electrons. The van der Waals surface area contributed by atoms with Crippen LogP contribution in [0.3, 0.4) is 0 Å². The molecule has 26 heavy (non-hydrogen) atoms. The van der Waals surface area contributed by atoms with Crippen molar-refractivity contribution in [1.29, 1.82) is 0 Å². The Hall–Kier alpha value is -2.54. The van der Waals surface area contributed by atoms with Gasteiger partial charge in [0.25, 0.3) is 5.69 Å². The number of nitrogens with one attached hydrogen (secondary N) is 1. The van der Waals surface area contributed by atoms with E-state index in [4.69, 9.17) is 4.74 Å². The quantitative estimate of drug-likeness (QED) is 0.412. The summed E-state index contributed by atoms with van der Waals surface area (Å²) >= 11 is 1.46. The number of carbonyl (C=O) groups is 1. The van der Waals surface area contributed by atoms with Crippen molar-refractivity contribution in [3.63, 3.8) is 0 Å². The molecule has 6 nitrogen and oxygen atoms in total. The van der Waals surface area contributed by atoms with E-state index in [1.54, 1.807) is 12.1 Å². The van der Waals surface area contributed by atoms with Crippen LogP contribution < -0.4 is 10.1 Å². The maximum atomic E-state index is 11.8. The topological polar surface area (TPSA) is 81.5 Å². The van der Waals surface area contributed by atoms with Crippen LogP contribution in [-0.4, -0.2) is 29.7 Å². The summed E-state index contributed by atoms with van der Waals surface area (Å²) in [7, 11) is 0. The van der Waals surface area contributed by atoms with E-state index in [-0.39, 0.29) is 11.6 Å². The number of nitrogens with zero attached hydrogens (tertiary/aromatic N) is 1. The summed E-state index contributed by atoms with van der Waals surface area (Å²) in [5.74, 6) is 1.72. The van der Waals surface area contributed by atoms with E-state index in [1.165, 1.54) is 23.9 Å². The van der Waals surface area contributed by atoms with E-state index in [0.717, 1.165) is 22.4 Å². The number of hydrogen-bond acceptors (Lipinski definition) is 5. The fourth-order valence-corrected chi connectivity index (χ4v) is 3.22. The highest BCUT2D eigenvalue weighted by Crippen LogP contribution is 2.17. The highest BCUT2D eigenvalue weighted by molar-refractivity contribution is 7.99. The molecule has 0 saturated carbocycles. The molecule has 7 heteroatoms. The van der Waals surface area contributed by atoms with Crippen molar-refractivity contribution in [1.82, 2.24) is 5.32 Å². The zero-order chi connectivity index (χ0) is 18.9. The van der Waals surface area contributed by atoms with E-state index in [9.17, 15) is 14.9 Å². The highest BCUT2D eigenvalue weighted by atomic mass is 32.2. The van der Waals surface area contributed by atoms with Crippen molar-refractivity contribution in [2.45, 2.75) is 19.6 Å². The minimum atomic E-state index is -0.426. The van der Waals surface area contributed by atoms with Gasteiger partial charge in [-0.15, -0.1) is 11.8 Å². The number of thioether (sulfide) groups is 1. The van der Waals surface area contributed by atoms with Gasteiger partial charge in [0.05, 0.1) is 17.2 Å². The lowest BCUT2D eigenvalue weighted by atomic mass is 10.1. The van der Waals surface area contributed by atoms with Gasteiger partial charge in [-0.1, -0.05) is 18.2 Å². The molecule has 2 aromatic carbocycles. The van der Waals surface area contributed by atoms with E-state index < -0.39 is 4.92 Å². The van der Waals surface area contributed by atoms with Crippen LogP contribution in [0, 0.1) is 24.0 Å². The SMILES string of the molecule is Cc1cc(C)cc(OCCNC(=O)CSCc2ccc([N+](=O)[O-])cc2)c1. The Bertz CT molecular complexity index is 742. The Balaban J connectivity index is 1.62. The molecule has 2 rings (SSSR count). The molecule has 0 aliphatic rings. The second-order valence-corrected chi connectivity index (χ2v) is 6.92. The van der Waals surface area contributed by atoms with Crippen LogP contribution in [0.2, 0.25) is 0 Å². The van der Waals surface area contributed by atoms with Crippen LogP contribution in [0.4, 0.5) is 5.69 Å². The first kappa shape index (κ1) is 19.8. The lowest BCUT2D eigenvalue weighted by molar-refractivity contribution is -0.384. The van der Waals surface area contributed by atoms with Crippen molar-refractivity contribution in [2.24, 2.45) is 0 Å². The van der Waals surface area contributed by atoms with Gasteiger partial charge in [0.1, 0.15) is 12.4 Å². The van der Waals surface area contributed by atoms with Gasteiger partial charge in [-0.3, -0.25) is 14.9 Å². The Morgan fingerprint density at radius 1 is 1.15 bits per heavy atom. The van der Waals surface area contributed by atoms with Crippen LogP contribution in [0.15, 0.2) is 42.5 Å². The second-order valence-electron chi connectivity index (χ2n) is 5.94. The van der Waals surface area contributed by atoms with Gasteiger partial charge >= 0.3 is 0 Å². The fraction of sp³-hybridized carbons (Fsp3) is 0.316. The first-order chi connectivity index (χ1) is 12.4. The molecule has 0 radical (unpaired) electrons. The monoisotopic (exact) mass is 374 g/mol. The summed E-state index contributed by atoms with van der Waals surface area (Å²) in [5, 5.41) is 13.4.